The van der Waals surface area contributed by atoms with E-state index in [-0.39, 0.29) is 30.0 Å². The average Bonchev–Trinajstić information content (AvgIpc) is 4.08. The number of aromatic amines is 2. The summed E-state index contributed by atoms with van der Waals surface area (Å²) in [7, 11) is 2.00. The molecule has 8 bridgehead atoms. The Hall–Kier alpha value is -7.31. The van der Waals surface area contributed by atoms with Crippen LogP contribution in [0.3, 0.4) is 0 Å². The summed E-state index contributed by atoms with van der Waals surface area (Å²) in [6, 6.07) is 45.0. The van der Waals surface area contributed by atoms with E-state index in [0.29, 0.717) is 5.35 Å². The summed E-state index contributed by atoms with van der Waals surface area (Å²) >= 11 is 0. The zero-order valence-corrected chi connectivity index (χ0v) is 36.9. The SMILES string of the molecule is Cc1ccc(-c2c3nc(c(-c4ccc(C)cc4)c4ccc([nH]4)c(-c4ccc(C)cc4)c4cc(c(-c5ccc(C)cc5)c5ccc2[nH]5)c(=C2C(=O)CC(C)(C)CC2=O)n4C)C=C3)cc1. The maximum Gasteiger partial charge on any atom is 0.169 e. The van der Waals surface area contributed by atoms with Gasteiger partial charge >= 0.3 is 0 Å². The van der Waals surface area contributed by atoms with Gasteiger partial charge < -0.3 is 14.5 Å². The van der Waals surface area contributed by atoms with E-state index < -0.39 is 5.41 Å². The molecule has 6 nitrogen and oxygen atoms in total. The molecule has 310 valence electrons. The van der Waals surface area contributed by atoms with Gasteiger partial charge in [0.15, 0.2) is 11.6 Å². The molecule has 4 aromatic carbocycles. The Kier molecular flexibility index (Phi) is 9.63. The summed E-state index contributed by atoms with van der Waals surface area (Å²) in [5, 5.41) is 1.43. The van der Waals surface area contributed by atoms with E-state index in [2.05, 4.69) is 182 Å². The number of nitrogens with one attached hydrogen (secondary N) is 2. The van der Waals surface area contributed by atoms with Crippen molar-refractivity contribution >= 4 is 62.3 Å². The highest BCUT2D eigenvalue weighted by Crippen LogP contribution is 2.40. The molecule has 8 aromatic rings. The first-order valence-corrected chi connectivity index (χ1v) is 21.8. The first-order valence-electron chi connectivity index (χ1n) is 21.8. The van der Waals surface area contributed by atoms with Gasteiger partial charge in [-0.2, -0.15) is 0 Å². The van der Waals surface area contributed by atoms with E-state index in [1.807, 2.05) is 20.9 Å². The Morgan fingerprint density at radius 3 is 1.25 bits per heavy atom. The van der Waals surface area contributed by atoms with Gasteiger partial charge in [-0.05, 0) is 97.8 Å². The van der Waals surface area contributed by atoms with Gasteiger partial charge in [-0.15, -0.1) is 0 Å². The van der Waals surface area contributed by atoms with Crippen LogP contribution in [0.25, 0.3) is 95.2 Å². The van der Waals surface area contributed by atoms with Crippen LogP contribution in [0.2, 0.25) is 0 Å². The van der Waals surface area contributed by atoms with Crippen molar-refractivity contribution in [2.75, 3.05) is 0 Å². The Morgan fingerprint density at radius 1 is 0.492 bits per heavy atom. The van der Waals surface area contributed by atoms with Crippen molar-refractivity contribution in [2.24, 2.45) is 12.5 Å². The largest absolute Gasteiger partial charge is 0.354 e. The van der Waals surface area contributed by atoms with Crippen molar-refractivity contribution in [3.05, 3.63) is 166 Å². The molecule has 10 rings (SSSR count). The van der Waals surface area contributed by atoms with Crippen LogP contribution in [-0.4, -0.2) is 31.1 Å². The number of fused-ring (bicyclic) bond motifs is 8. The number of Topliss-reactive ketones (excluding diaryl/α,β-unsaturated/α-hetero) is 2. The third kappa shape index (κ3) is 7.15. The molecule has 0 unspecified atom stereocenters. The van der Waals surface area contributed by atoms with Crippen LogP contribution in [0.1, 0.15) is 60.3 Å². The molecule has 0 spiro atoms. The highest BCUT2D eigenvalue weighted by Gasteiger charge is 2.37. The van der Waals surface area contributed by atoms with Crippen molar-refractivity contribution in [1.82, 2.24) is 19.5 Å². The second kappa shape index (κ2) is 15.2. The summed E-state index contributed by atoms with van der Waals surface area (Å²) in [6.07, 6.45) is 4.82. The number of benzene rings is 4. The Morgan fingerprint density at radius 2 is 0.841 bits per heavy atom. The molecular weight excluding hydrogens is 773 g/mol. The van der Waals surface area contributed by atoms with E-state index in [1.54, 1.807) is 0 Å². The van der Waals surface area contributed by atoms with Gasteiger partial charge in [-0.25, -0.2) is 4.98 Å². The number of hydrogen-bond acceptors (Lipinski definition) is 3. The number of ketones is 2. The zero-order chi connectivity index (χ0) is 43.7. The lowest BCUT2D eigenvalue weighted by Gasteiger charge is -2.28. The molecule has 1 aliphatic carbocycles. The minimum absolute atomic E-state index is 0.129. The topological polar surface area (TPSA) is 83.5 Å². The lowest BCUT2D eigenvalue weighted by atomic mass is 9.74. The summed E-state index contributed by atoms with van der Waals surface area (Å²) in [4.78, 5) is 42.3. The van der Waals surface area contributed by atoms with Crippen molar-refractivity contribution in [2.45, 2.75) is 54.4 Å². The minimum atomic E-state index is -0.432. The van der Waals surface area contributed by atoms with E-state index in [1.165, 1.54) is 11.1 Å². The fraction of sp³-hybridized carbons (Fsp3) is 0.175. The number of aryl methyl sites for hydroxylation is 5. The van der Waals surface area contributed by atoms with Crippen molar-refractivity contribution in [1.29, 1.82) is 0 Å². The van der Waals surface area contributed by atoms with E-state index in [4.69, 9.17) is 4.98 Å². The fourth-order valence-corrected chi connectivity index (χ4v) is 9.54. The molecule has 0 atom stereocenters. The van der Waals surface area contributed by atoms with Crippen LogP contribution in [0.15, 0.2) is 127 Å². The predicted molar refractivity (Wildman–Crippen MR) is 261 cm³/mol. The van der Waals surface area contributed by atoms with Crippen LogP contribution >= 0.6 is 0 Å². The van der Waals surface area contributed by atoms with Crippen molar-refractivity contribution in [3.8, 4) is 44.5 Å². The van der Waals surface area contributed by atoms with E-state index in [0.717, 1.165) is 100.0 Å². The molecule has 2 N–H and O–H groups in total. The second-order valence-electron chi connectivity index (χ2n) is 18.3. The summed E-state index contributed by atoms with van der Waals surface area (Å²) < 4.78 is 2.09. The number of hydrogen-bond donors (Lipinski definition) is 2. The highest BCUT2D eigenvalue weighted by atomic mass is 16.2. The molecule has 6 heteroatoms. The van der Waals surface area contributed by atoms with Gasteiger partial charge in [0.05, 0.1) is 27.8 Å². The maximum absolute atomic E-state index is 14.5. The first kappa shape index (κ1) is 39.8. The first-order chi connectivity index (χ1) is 30.3. The summed E-state index contributed by atoms with van der Waals surface area (Å²) in [5.41, 5.74) is 18.5. The average molecular weight is 823 g/mol. The highest BCUT2D eigenvalue weighted by molar-refractivity contribution is 6.43. The van der Waals surface area contributed by atoms with Crippen LogP contribution < -0.4 is 5.35 Å². The van der Waals surface area contributed by atoms with Gasteiger partial charge in [0.1, 0.15) is 0 Å². The summed E-state index contributed by atoms with van der Waals surface area (Å²) in [6.45, 7) is 12.4. The fourth-order valence-electron chi connectivity index (χ4n) is 9.54. The lowest BCUT2D eigenvalue weighted by molar-refractivity contribution is -0.124. The standard InChI is InChI=1S/C57H50N4O2/c1-33-8-16-37(17-9-33)51-41-30-48(61(7)56(41)55-49(62)31-57(5,6)32-50(55)63)54(40-22-14-36(4)15-23-40)47-29-28-46(60-47)53(39-20-12-35(3)13-21-39)45-27-26-44(59-45)52(43-25-24-42(51)58-43)38-18-10-34(2)11-19-38/h8-30,58,60H,31-32H2,1-7H3. The Bertz CT molecular complexity index is 3390. The van der Waals surface area contributed by atoms with E-state index >= 15 is 0 Å². The summed E-state index contributed by atoms with van der Waals surface area (Å²) in [5.74, 6) is -0.258. The molecule has 0 amide bonds. The van der Waals surface area contributed by atoms with Crippen LogP contribution in [0.5, 0.6) is 0 Å². The van der Waals surface area contributed by atoms with E-state index in [9.17, 15) is 9.59 Å². The quantitative estimate of drug-likeness (QED) is 0.185. The smallest absolute Gasteiger partial charge is 0.169 e. The molecule has 2 aliphatic rings. The zero-order valence-electron chi connectivity index (χ0n) is 36.9. The normalized spacial score (nSPS) is 14.2. The maximum atomic E-state index is 14.5. The molecule has 0 saturated heterocycles. The molecule has 63 heavy (non-hydrogen) atoms. The van der Waals surface area contributed by atoms with Crippen LogP contribution in [0.4, 0.5) is 0 Å². The predicted octanol–water partition coefficient (Wildman–Crippen LogP) is 13.0. The molecule has 1 fully saturated rings. The monoisotopic (exact) mass is 822 g/mol. The number of carbonyl (C=O) groups is 2. The molecule has 4 aromatic heterocycles. The Balaban J connectivity index is 1.49. The number of aromatic nitrogens is 4. The molecular formula is C57H50N4O2. The number of rotatable bonds is 4. The molecule has 0 radical (unpaired) electrons. The van der Waals surface area contributed by atoms with Crippen LogP contribution in [-0.2, 0) is 16.6 Å². The number of nitrogens with zero attached hydrogens (tertiary/aromatic N) is 2. The van der Waals surface area contributed by atoms with Gasteiger partial charge in [-0.3, -0.25) is 9.59 Å². The molecule has 1 aliphatic heterocycles. The third-order valence-electron chi connectivity index (χ3n) is 12.8. The van der Waals surface area contributed by atoms with Gasteiger partial charge in [0.2, 0.25) is 0 Å². The van der Waals surface area contributed by atoms with Crippen LogP contribution in [0, 0.1) is 33.1 Å². The number of H-pyrrole nitrogens is 2. The Labute approximate surface area is 367 Å². The van der Waals surface area contributed by atoms with Gasteiger partial charge in [-0.1, -0.05) is 133 Å². The minimum Gasteiger partial charge on any atom is -0.354 e. The third-order valence-corrected chi connectivity index (χ3v) is 12.8. The van der Waals surface area contributed by atoms with Crippen molar-refractivity contribution < 1.29 is 9.59 Å². The van der Waals surface area contributed by atoms with Gasteiger partial charge in [0.25, 0.3) is 0 Å². The second-order valence-corrected chi connectivity index (χ2v) is 18.3. The molecule has 5 heterocycles. The van der Waals surface area contributed by atoms with Crippen molar-refractivity contribution in [3.63, 3.8) is 0 Å². The van der Waals surface area contributed by atoms with Gasteiger partial charge in [0, 0.05) is 69.6 Å². The lowest BCUT2D eigenvalue weighted by Crippen LogP contribution is -2.36. The number of carbonyl (C=O) groups excluding carboxylic acids is 2. The molecule has 1 saturated carbocycles.